The van der Waals surface area contributed by atoms with Crippen LogP contribution in [0.4, 0.5) is 0 Å². The Kier molecular flexibility index (Phi) is 3.88. The van der Waals surface area contributed by atoms with Crippen molar-refractivity contribution in [1.82, 2.24) is 4.90 Å². The van der Waals surface area contributed by atoms with Gasteiger partial charge in [-0.15, -0.1) is 0 Å². The molecule has 0 radical (unpaired) electrons. The van der Waals surface area contributed by atoms with Gasteiger partial charge in [-0.1, -0.05) is 24.3 Å². The standard InChI is InChI=1S/C15H19NO3/c1-10(15(18)19)14(17)16(2)13-9-5-7-11-6-3-4-8-12(11)13/h3-4,6,8,10,13H,5,7,9H2,1-2H3,(H,18,19). The Balaban J connectivity index is 2.24. The molecular weight excluding hydrogens is 242 g/mol. The summed E-state index contributed by atoms with van der Waals surface area (Å²) in [5.74, 6) is -2.38. The van der Waals surface area contributed by atoms with Crippen molar-refractivity contribution in [3.63, 3.8) is 0 Å². The molecule has 0 saturated heterocycles. The Morgan fingerprint density at radius 3 is 2.74 bits per heavy atom. The fraction of sp³-hybridized carbons (Fsp3) is 0.467. The molecule has 1 aliphatic rings. The molecule has 1 aromatic rings. The van der Waals surface area contributed by atoms with Gasteiger partial charge in [0.15, 0.2) is 0 Å². The first kappa shape index (κ1) is 13.6. The topological polar surface area (TPSA) is 57.6 Å². The Labute approximate surface area is 113 Å². The quantitative estimate of drug-likeness (QED) is 0.849. The molecule has 0 heterocycles. The summed E-state index contributed by atoms with van der Waals surface area (Å²) in [6.45, 7) is 1.44. The number of carbonyl (C=O) groups is 2. The highest BCUT2D eigenvalue weighted by molar-refractivity contribution is 5.96. The number of hydrogen-bond donors (Lipinski definition) is 1. The van der Waals surface area contributed by atoms with E-state index in [0.717, 1.165) is 24.8 Å². The number of hydrogen-bond acceptors (Lipinski definition) is 2. The molecule has 0 saturated carbocycles. The number of rotatable bonds is 3. The summed E-state index contributed by atoms with van der Waals surface area (Å²) in [6.07, 6.45) is 2.95. The van der Waals surface area contributed by atoms with Crippen LogP contribution in [-0.2, 0) is 16.0 Å². The van der Waals surface area contributed by atoms with E-state index in [1.54, 1.807) is 11.9 Å². The first-order chi connectivity index (χ1) is 9.02. The van der Waals surface area contributed by atoms with Crippen LogP contribution in [0.2, 0.25) is 0 Å². The zero-order valence-electron chi connectivity index (χ0n) is 11.3. The molecule has 19 heavy (non-hydrogen) atoms. The van der Waals surface area contributed by atoms with Crippen molar-refractivity contribution in [2.75, 3.05) is 7.05 Å². The molecule has 0 bridgehead atoms. The number of carboxylic acids is 1. The van der Waals surface area contributed by atoms with Gasteiger partial charge in [-0.05, 0) is 37.3 Å². The van der Waals surface area contributed by atoms with Gasteiger partial charge in [0.25, 0.3) is 0 Å². The number of fused-ring (bicyclic) bond motifs is 1. The fourth-order valence-electron chi connectivity index (χ4n) is 2.70. The van der Waals surface area contributed by atoms with E-state index >= 15 is 0 Å². The van der Waals surface area contributed by atoms with Gasteiger partial charge in [0, 0.05) is 7.05 Å². The minimum Gasteiger partial charge on any atom is -0.481 e. The zero-order valence-corrected chi connectivity index (χ0v) is 11.3. The Hall–Kier alpha value is -1.84. The summed E-state index contributed by atoms with van der Waals surface area (Å²) in [5, 5.41) is 8.95. The van der Waals surface area contributed by atoms with Crippen molar-refractivity contribution in [3.05, 3.63) is 35.4 Å². The highest BCUT2D eigenvalue weighted by Crippen LogP contribution is 2.33. The van der Waals surface area contributed by atoms with E-state index in [0.29, 0.717) is 0 Å². The second-order valence-corrected chi connectivity index (χ2v) is 5.12. The number of benzene rings is 1. The maximum Gasteiger partial charge on any atom is 0.315 e. The van der Waals surface area contributed by atoms with Crippen LogP contribution in [0.3, 0.4) is 0 Å². The second-order valence-electron chi connectivity index (χ2n) is 5.12. The zero-order chi connectivity index (χ0) is 14.0. The lowest BCUT2D eigenvalue weighted by Gasteiger charge is -2.34. The number of nitrogens with zero attached hydrogens (tertiary/aromatic N) is 1. The summed E-state index contributed by atoms with van der Waals surface area (Å²) in [4.78, 5) is 24.7. The molecule has 1 aliphatic carbocycles. The summed E-state index contributed by atoms with van der Waals surface area (Å²) in [6, 6.07) is 8.09. The summed E-state index contributed by atoms with van der Waals surface area (Å²) < 4.78 is 0. The molecule has 0 aromatic heterocycles. The number of amides is 1. The molecule has 0 spiro atoms. The van der Waals surface area contributed by atoms with Crippen molar-refractivity contribution in [2.24, 2.45) is 5.92 Å². The monoisotopic (exact) mass is 261 g/mol. The molecule has 2 atom stereocenters. The van der Waals surface area contributed by atoms with Crippen LogP contribution in [0.5, 0.6) is 0 Å². The average molecular weight is 261 g/mol. The first-order valence-corrected chi connectivity index (χ1v) is 6.59. The molecule has 1 amide bonds. The van der Waals surface area contributed by atoms with E-state index in [-0.39, 0.29) is 11.9 Å². The van der Waals surface area contributed by atoms with Crippen molar-refractivity contribution in [3.8, 4) is 0 Å². The van der Waals surface area contributed by atoms with E-state index in [1.165, 1.54) is 12.5 Å². The molecule has 0 aliphatic heterocycles. The van der Waals surface area contributed by atoms with Gasteiger partial charge >= 0.3 is 5.97 Å². The average Bonchev–Trinajstić information content (AvgIpc) is 2.44. The van der Waals surface area contributed by atoms with E-state index in [1.807, 2.05) is 18.2 Å². The lowest BCUT2D eigenvalue weighted by molar-refractivity contribution is -0.150. The number of aryl methyl sites for hydroxylation is 1. The van der Waals surface area contributed by atoms with Gasteiger partial charge in [0.2, 0.25) is 5.91 Å². The Morgan fingerprint density at radius 2 is 2.05 bits per heavy atom. The van der Waals surface area contributed by atoms with Gasteiger partial charge in [0.1, 0.15) is 5.92 Å². The summed E-state index contributed by atoms with van der Waals surface area (Å²) in [7, 11) is 1.70. The Morgan fingerprint density at radius 1 is 1.37 bits per heavy atom. The highest BCUT2D eigenvalue weighted by atomic mass is 16.4. The summed E-state index contributed by atoms with van der Waals surface area (Å²) >= 11 is 0. The van der Waals surface area contributed by atoms with E-state index in [9.17, 15) is 9.59 Å². The normalized spacial score (nSPS) is 19.4. The minimum atomic E-state index is -1.07. The molecule has 1 aromatic carbocycles. The van der Waals surface area contributed by atoms with E-state index in [4.69, 9.17) is 5.11 Å². The van der Waals surface area contributed by atoms with Crippen LogP contribution in [-0.4, -0.2) is 28.9 Å². The van der Waals surface area contributed by atoms with Crippen LogP contribution >= 0.6 is 0 Å². The predicted octanol–water partition coefficient (Wildman–Crippen LogP) is 2.24. The second kappa shape index (κ2) is 5.43. The third-order valence-corrected chi connectivity index (χ3v) is 3.89. The lowest BCUT2D eigenvalue weighted by atomic mass is 9.86. The summed E-state index contributed by atoms with van der Waals surface area (Å²) in [5.41, 5.74) is 2.42. The van der Waals surface area contributed by atoms with Crippen LogP contribution < -0.4 is 0 Å². The van der Waals surface area contributed by atoms with E-state index < -0.39 is 11.9 Å². The predicted molar refractivity (Wildman–Crippen MR) is 71.7 cm³/mol. The third-order valence-electron chi connectivity index (χ3n) is 3.89. The number of carbonyl (C=O) groups excluding carboxylic acids is 1. The van der Waals surface area contributed by atoms with E-state index in [2.05, 4.69) is 6.07 Å². The van der Waals surface area contributed by atoms with Crippen molar-refractivity contribution >= 4 is 11.9 Å². The van der Waals surface area contributed by atoms with Crippen LogP contribution in [0, 0.1) is 5.92 Å². The molecule has 2 rings (SSSR count). The van der Waals surface area contributed by atoms with Crippen molar-refractivity contribution in [1.29, 1.82) is 0 Å². The smallest absolute Gasteiger partial charge is 0.315 e. The SMILES string of the molecule is CC(C(=O)O)C(=O)N(C)C1CCCc2ccccc21. The molecule has 0 fully saturated rings. The molecule has 4 heteroatoms. The van der Waals surface area contributed by atoms with Crippen molar-refractivity contribution in [2.45, 2.75) is 32.2 Å². The molecule has 4 nitrogen and oxygen atoms in total. The fourth-order valence-corrected chi connectivity index (χ4v) is 2.70. The Bertz CT molecular complexity index is 498. The van der Waals surface area contributed by atoms with Gasteiger partial charge in [-0.3, -0.25) is 9.59 Å². The third kappa shape index (κ3) is 2.62. The van der Waals surface area contributed by atoms with Gasteiger partial charge in [-0.2, -0.15) is 0 Å². The van der Waals surface area contributed by atoms with Crippen LogP contribution in [0.25, 0.3) is 0 Å². The number of aliphatic carboxylic acids is 1. The lowest BCUT2D eigenvalue weighted by Crippen LogP contribution is -2.39. The number of carboxylic acid groups (broad SMARTS) is 1. The largest absolute Gasteiger partial charge is 0.481 e. The highest BCUT2D eigenvalue weighted by Gasteiger charge is 2.31. The molecule has 2 unspecified atom stereocenters. The molecule has 102 valence electrons. The minimum absolute atomic E-state index is 0.000694. The molecular formula is C15H19NO3. The van der Waals surface area contributed by atoms with Crippen LogP contribution in [0.15, 0.2) is 24.3 Å². The maximum atomic E-state index is 12.1. The van der Waals surface area contributed by atoms with Crippen molar-refractivity contribution < 1.29 is 14.7 Å². The van der Waals surface area contributed by atoms with Gasteiger partial charge in [0.05, 0.1) is 6.04 Å². The maximum absolute atomic E-state index is 12.1. The molecule has 1 N–H and O–H groups in total. The van der Waals surface area contributed by atoms with Crippen LogP contribution in [0.1, 0.15) is 36.9 Å². The van der Waals surface area contributed by atoms with Gasteiger partial charge in [-0.25, -0.2) is 0 Å². The first-order valence-electron chi connectivity index (χ1n) is 6.59. The van der Waals surface area contributed by atoms with Gasteiger partial charge < -0.3 is 10.0 Å².